The maximum Gasteiger partial charge on any atom is 0.239 e. The van der Waals surface area contributed by atoms with Crippen molar-refractivity contribution in [2.24, 2.45) is 0 Å². The van der Waals surface area contributed by atoms with Crippen LogP contribution in [-0.4, -0.2) is 29.8 Å². The summed E-state index contributed by atoms with van der Waals surface area (Å²) >= 11 is 6.13. The summed E-state index contributed by atoms with van der Waals surface area (Å²) < 4.78 is 0. The molecule has 0 saturated heterocycles. The molecule has 0 aliphatic heterocycles. The van der Waals surface area contributed by atoms with E-state index in [1.54, 1.807) is 6.07 Å². The van der Waals surface area contributed by atoms with Crippen LogP contribution in [0.5, 0.6) is 0 Å². The van der Waals surface area contributed by atoms with Gasteiger partial charge in [-0.2, -0.15) is 0 Å². The van der Waals surface area contributed by atoms with Crippen LogP contribution in [-0.2, 0) is 22.6 Å². The van der Waals surface area contributed by atoms with E-state index in [0.29, 0.717) is 18.1 Å². The number of carbonyl (C=O) groups is 2. The van der Waals surface area contributed by atoms with E-state index in [1.165, 1.54) is 17.4 Å². The third kappa shape index (κ3) is 6.59. The number of carbonyl (C=O) groups excluding carboxylic acids is 2. The molecular weight excluding hydrogens is 336 g/mol. The maximum atomic E-state index is 12.1. The number of rotatable bonds is 8. The van der Waals surface area contributed by atoms with Crippen molar-refractivity contribution in [3.05, 3.63) is 70.7 Å². The van der Waals surface area contributed by atoms with Gasteiger partial charge in [-0.15, -0.1) is 0 Å². The Morgan fingerprint density at radius 1 is 1.04 bits per heavy atom. The lowest BCUT2D eigenvalue weighted by Crippen LogP contribution is -2.39. The molecule has 5 heteroatoms. The Hall–Kier alpha value is -2.33. The van der Waals surface area contributed by atoms with Gasteiger partial charge in [0, 0.05) is 25.0 Å². The summed E-state index contributed by atoms with van der Waals surface area (Å²) in [5.41, 5.74) is 2.08. The lowest BCUT2D eigenvalue weighted by atomic mass is 10.1. The molecule has 0 bridgehead atoms. The maximum absolute atomic E-state index is 12.1. The van der Waals surface area contributed by atoms with E-state index in [9.17, 15) is 9.59 Å². The standard InChI is InChI=1S/C20H23ClN2O2/c1-16(24)23(14-18-11-5-6-12-19(18)21)15-20(25)22-13-7-10-17-8-3-2-4-9-17/h2-6,8-9,11-12H,7,10,13-15H2,1H3,(H,22,25). The van der Waals surface area contributed by atoms with Crippen molar-refractivity contribution in [3.63, 3.8) is 0 Å². The monoisotopic (exact) mass is 358 g/mol. The summed E-state index contributed by atoms with van der Waals surface area (Å²) in [6, 6.07) is 17.5. The van der Waals surface area contributed by atoms with Crippen LogP contribution in [0.1, 0.15) is 24.5 Å². The zero-order chi connectivity index (χ0) is 18.1. The second-order valence-corrected chi connectivity index (χ2v) is 6.31. The molecule has 2 rings (SSSR count). The number of amides is 2. The Balaban J connectivity index is 1.78. The number of benzene rings is 2. The van der Waals surface area contributed by atoms with E-state index in [4.69, 9.17) is 11.6 Å². The largest absolute Gasteiger partial charge is 0.355 e. The van der Waals surface area contributed by atoms with Crippen LogP contribution in [0.15, 0.2) is 54.6 Å². The third-order valence-electron chi connectivity index (χ3n) is 3.91. The van der Waals surface area contributed by atoms with Gasteiger partial charge in [0.05, 0.1) is 6.54 Å². The summed E-state index contributed by atoms with van der Waals surface area (Å²) in [6.45, 7) is 2.41. The Bertz CT molecular complexity index is 704. The van der Waals surface area contributed by atoms with Gasteiger partial charge in [-0.1, -0.05) is 60.1 Å². The van der Waals surface area contributed by atoms with Crippen LogP contribution in [0.25, 0.3) is 0 Å². The van der Waals surface area contributed by atoms with Gasteiger partial charge in [0.15, 0.2) is 0 Å². The average molecular weight is 359 g/mol. The normalized spacial score (nSPS) is 10.3. The van der Waals surface area contributed by atoms with Gasteiger partial charge in [0.2, 0.25) is 11.8 Å². The molecule has 2 aromatic carbocycles. The molecular formula is C20H23ClN2O2. The smallest absolute Gasteiger partial charge is 0.239 e. The second kappa shape index (κ2) is 9.84. The Kier molecular flexibility index (Phi) is 7.48. The quantitative estimate of drug-likeness (QED) is 0.735. The van der Waals surface area contributed by atoms with Crippen LogP contribution in [0.2, 0.25) is 5.02 Å². The zero-order valence-corrected chi connectivity index (χ0v) is 15.1. The minimum absolute atomic E-state index is 0.0336. The third-order valence-corrected chi connectivity index (χ3v) is 4.27. The van der Waals surface area contributed by atoms with Crippen LogP contribution >= 0.6 is 11.6 Å². The molecule has 1 N–H and O–H groups in total. The molecule has 0 radical (unpaired) electrons. The molecule has 2 aromatic rings. The van der Waals surface area contributed by atoms with Crippen LogP contribution < -0.4 is 5.32 Å². The van der Waals surface area contributed by atoms with Gasteiger partial charge >= 0.3 is 0 Å². The van der Waals surface area contributed by atoms with E-state index in [0.717, 1.165) is 18.4 Å². The molecule has 0 aromatic heterocycles. The molecule has 0 saturated carbocycles. The summed E-state index contributed by atoms with van der Waals surface area (Å²) in [4.78, 5) is 25.4. The highest BCUT2D eigenvalue weighted by Crippen LogP contribution is 2.17. The van der Waals surface area contributed by atoms with Crippen LogP contribution in [0.3, 0.4) is 0 Å². The van der Waals surface area contributed by atoms with Gasteiger partial charge in [0.1, 0.15) is 0 Å². The fourth-order valence-corrected chi connectivity index (χ4v) is 2.70. The highest BCUT2D eigenvalue weighted by Gasteiger charge is 2.15. The number of nitrogens with one attached hydrogen (secondary N) is 1. The van der Waals surface area contributed by atoms with Gasteiger partial charge in [-0.05, 0) is 30.0 Å². The predicted octanol–water partition coefficient (Wildman–Crippen LogP) is 3.44. The Morgan fingerprint density at radius 3 is 2.40 bits per heavy atom. The van der Waals surface area contributed by atoms with Crippen LogP contribution in [0.4, 0.5) is 0 Å². The molecule has 0 heterocycles. The van der Waals surface area contributed by atoms with Crippen molar-refractivity contribution in [1.82, 2.24) is 10.2 Å². The molecule has 2 amide bonds. The number of aryl methyl sites for hydroxylation is 1. The lowest BCUT2D eigenvalue weighted by molar-refractivity contribution is -0.134. The molecule has 0 spiro atoms. The van der Waals surface area contributed by atoms with Gasteiger partial charge < -0.3 is 10.2 Å². The van der Waals surface area contributed by atoms with Crippen LogP contribution in [0, 0.1) is 0 Å². The first-order chi connectivity index (χ1) is 12.1. The van der Waals surface area contributed by atoms with Crippen molar-refractivity contribution in [1.29, 1.82) is 0 Å². The number of hydrogen-bond donors (Lipinski definition) is 1. The summed E-state index contributed by atoms with van der Waals surface area (Å²) in [6.07, 6.45) is 1.78. The Labute approximate surface area is 153 Å². The van der Waals surface area contributed by atoms with Crippen molar-refractivity contribution < 1.29 is 9.59 Å². The molecule has 132 valence electrons. The van der Waals surface area contributed by atoms with Gasteiger partial charge in [-0.25, -0.2) is 0 Å². The Morgan fingerprint density at radius 2 is 1.72 bits per heavy atom. The SMILES string of the molecule is CC(=O)N(CC(=O)NCCCc1ccccc1)Cc1ccccc1Cl. The second-order valence-electron chi connectivity index (χ2n) is 5.91. The van der Waals surface area contributed by atoms with Gasteiger partial charge in [-0.3, -0.25) is 9.59 Å². The van der Waals surface area contributed by atoms with E-state index in [-0.39, 0.29) is 18.4 Å². The van der Waals surface area contributed by atoms with E-state index >= 15 is 0 Å². The minimum atomic E-state index is -0.157. The minimum Gasteiger partial charge on any atom is -0.355 e. The molecule has 4 nitrogen and oxygen atoms in total. The molecule has 25 heavy (non-hydrogen) atoms. The molecule has 0 fully saturated rings. The highest BCUT2D eigenvalue weighted by atomic mass is 35.5. The fraction of sp³-hybridized carbons (Fsp3) is 0.300. The van der Waals surface area contributed by atoms with E-state index in [2.05, 4.69) is 17.4 Å². The fourth-order valence-electron chi connectivity index (χ4n) is 2.51. The zero-order valence-electron chi connectivity index (χ0n) is 14.4. The topological polar surface area (TPSA) is 49.4 Å². The molecule has 0 atom stereocenters. The number of hydrogen-bond acceptors (Lipinski definition) is 2. The first-order valence-electron chi connectivity index (χ1n) is 8.36. The molecule has 0 aliphatic rings. The van der Waals surface area contributed by atoms with Crippen molar-refractivity contribution in [3.8, 4) is 0 Å². The van der Waals surface area contributed by atoms with Crippen molar-refractivity contribution >= 4 is 23.4 Å². The first-order valence-corrected chi connectivity index (χ1v) is 8.73. The summed E-state index contributed by atoms with van der Waals surface area (Å²) in [5, 5.41) is 3.47. The van der Waals surface area contributed by atoms with E-state index in [1.807, 2.05) is 36.4 Å². The average Bonchev–Trinajstić information content (AvgIpc) is 2.61. The lowest BCUT2D eigenvalue weighted by Gasteiger charge is -2.21. The highest BCUT2D eigenvalue weighted by molar-refractivity contribution is 6.31. The van der Waals surface area contributed by atoms with E-state index < -0.39 is 0 Å². The van der Waals surface area contributed by atoms with Crippen molar-refractivity contribution in [2.75, 3.05) is 13.1 Å². The predicted molar refractivity (Wildman–Crippen MR) is 100 cm³/mol. The number of nitrogens with zero attached hydrogens (tertiary/aromatic N) is 1. The van der Waals surface area contributed by atoms with Gasteiger partial charge in [0.25, 0.3) is 0 Å². The first kappa shape index (κ1) is 19.0. The summed E-state index contributed by atoms with van der Waals surface area (Å²) in [5.74, 6) is -0.310. The summed E-state index contributed by atoms with van der Waals surface area (Å²) in [7, 11) is 0. The van der Waals surface area contributed by atoms with Crippen molar-refractivity contribution in [2.45, 2.75) is 26.3 Å². The molecule has 0 aliphatic carbocycles. The number of halogens is 1. The molecule has 0 unspecified atom stereocenters.